The van der Waals surface area contributed by atoms with E-state index in [1.54, 1.807) is 36.2 Å². The molecular formula is C26H31FN2O4Si. The number of halogens is 1. The van der Waals surface area contributed by atoms with E-state index < -0.39 is 31.6 Å². The van der Waals surface area contributed by atoms with Crippen LogP contribution in [0, 0.1) is 5.92 Å². The third-order valence-electron chi connectivity index (χ3n) is 7.09. The summed E-state index contributed by atoms with van der Waals surface area (Å²) >= 11 is 0. The molecular weight excluding hydrogens is 451 g/mol. The lowest BCUT2D eigenvalue weighted by Gasteiger charge is -2.31. The molecule has 2 aliphatic heterocycles. The lowest BCUT2D eigenvalue weighted by atomic mass is 9.82. The van der Waals surface area contributed by atoms with Crippen molar-refractivity contribution in [3.05, 3.63) is 66.7 Å². The van der Waals surface area contributed by atoms with E-state index in [1.165, 1.54) is 4.90 Å². The number of aliphatic hydroxyl groups is 1. The van der Waals surface area contributed by atoms with Gasteiger partial charge in [0.05, 0.1) is 11.8 Å². The van der Waals surface area contributed by atoms with Gasteiger partial charge in [0.25, 0.3) is 5.91 Å². The summed E-state index contributed by atoms with van der Waals surface area (Å²) in [5.74, 6) is -0.707. The minimum atomic E-state index is -3.26. The molecule has 2 aromatic carbocycles. The number of anilines is 3. The number of ether oxygens (including phenoxy) is 1. The molecule has 2 aromatic rings. The highest BCUT2D eigenvalue weighted by molar-refractivity contribution is 6.72. The molecule has 4 rings (SSSR count). The van der Waals surface area contributed by atoms with Crippen molar-refractivity contribution in [2.45, 2.75) is 43.7 Å². The van der Waals surface area contributed by atoms with E-state index in [4.69, 9.17) is 4.74 Å². The molecule has 1 N–H and O–H groups in total. The number of hydrogen-bond donors (Lipinski definition) is 1. The zero-order valence-corrected chi connectivity index (χ0v) is 20.8. The monoisotopic (exact) mass is 482 g/mol. The zero-order valence-electron chi connectivity index (χ0n) is 19.8. The molecule has 1 fully saturated rings. The molecule has 34 heavy (non-hydrogen) atoms. The van der Waals surface area contributed by atoms with Crippen LogP contribution in [0.3, 0.4) is 0 Å². The van der Waals surface area contributed by atoms with Crippen LogP contribution in [0.2, 0.25) is 18.6 Å². The Morgan fingerprint density at radius 3 is 2.53 bits per heavy atom. The number of benzene rings is 2. The predicted octanol–water partition coefficient (Wildman–Crippen LogP) is 4.67. The summed E-state index contributed by atoms with van der Waals surface area (Å²) in [6, 6.07) is 14.6. The summed E-state index contributed by atoms with van der Waals surface area (Å²) in [5, 5.41) is 9.66. The number of amides is 2. The van der Waals surface area contributed by atoms with Crippen LogP contribution in [0.4, 0.5) is 21.2 Å². The van der Waals surface area contributed by atoms with Crippen LogP contribution in [0.25, 0.3) is 0 Å². The Balaban J connectivity index is 1.89. The Hall–Kier alpha value is -2.81. The summed E-state index contributed by atoms with van der Waals surface area (Å²) < 4.78 is 22.1. The summed E-state index contributed by atoms with van der Waals surface area (Å²) in [6.45, 7) is 9.04. The van der Waals surface area contributed by atoms with Crippen molar-refractivity contribution in [2.24, 2.45) is 5.92 Å². The molecule has 0 aliphatic carbocycles. The van der Waals surface area contributed by atoms with E-state index >= 15 is 4.11 Å². The molecule has 0 radical (unpaired) electrons. The molecule has 4 atom stereocenters. The Morgan fingerprint density at radius 1 is 1.24 bits per heavy atom. The van der Waals surface area contributed by atoms with E-state index in [9.17, 15) is 14.7 Å². The number of carbonyl (C=O) groups is 2. The predicted molar refractivity (Wildman–Crippen MR) is 133 cm³/mol. The molecule has 0 unspecified atom stereocenters. The Bertz CT molecular complexity index is 1090. The number of nitrogens with zero attached hydrogens (tertiary/aromatic N) is 2. The van der Waals surface area contributed by atoms with Gasteiger partial charge in [-0.2, -0.15) is 0 Å². The van der Waals surface area contributed by atoms with Crippen LogP contribution < -0.4 is 9.80 Å². The fraction of sp³-hybridized carbons (Fsp3) is 0.385. The molecule has 6 nitrogen and oxygen atoms in total. The average molecular weight is 483 g/mol. The molecule has 1 saturated heterocycles. The van der Waals surface area contributed by atoms with E-state index in [2.05, 4.69) is 6.58 Å². The molecule has 0 aromatic heterocycles. The van der Waals surface area contributed by atoms with Gasteiger partial charge in [0.2, 0.25) is 14.8 Å². The molecule has 180 valence electrons. The number of fused-ring (bicyclic) bond motifs is 2. The van der Waals surface area contributed by atoms with Crippen molar-refractivity contribution in [2.75, 3.05) is 23.0 Å². The van der Waals surface area contributed by atoms with Gasteiger partial charge in [-0.3, -0.25) is 14.5 Å². The van der Waals surface area contributed by atoms with Gasteiger partial charge in [0.15, 0.2) is 5.60 Å². The van der Waals surface area contributed by atoms with Gasteiger partial charge < -0.3 is 18.9 Å². The Morgan fingerprint density at radius 2 is 1.94 bits per heavy atom. The summed E-state index contributed by atoms with van der Waals surface area (Å²) in [6.07, 6.45) is 2.06. The van der Waals surface area contributed by atoms with Crippen molar-refractivity contribution in [1.29, 1.82) is 0 Å². The topological polar surface area (TPSA) is 70.1 Å². The first-order valence-electron chi connectivity index (χ1n) is 11.5. The fourth-order valence-corrected chi connectivity index (χ4v) is 8.29. The first-order valence-corrected chi connectivity index (χ1v) is 14.5. The number of para-hydroxylation sites is 1. The van der Waals surface area contributed by atoms with Crippen molar-refractivity contribution >= 4 is 37.8 Å². The van der Waals surface area contributed by atoms with Crippen LogP contribution in [0.15, 0.2) is 61.2 Å². The zero-order chi connectivity index (χ0) is 24.7. The molecule has 2 heterocycles. The molecule has 0 saturated carbocycles. The molecule has 0 bridgehead atoms. The van der Waals surface area contributed by atoms with Crippen molar-refractivity contribution in [3.8, 4) is 0 Å². The summed E-state index contributed by atoms with van der Waals surface area (Å²) in [4.78, 5) is 29.1. The average Bonchev–Trinajstić information content (AvgIpc) is 3.23. The lowest BCUT2D eigenvalue weighted by Crippen LogP contribution is -2.45. The number of aliphatic hydroxyl groups excluding tert-OH is 1. The first-order chi connectivity index (χ1) is 16.2. The molecule has 1 spiro atoms. The van der Waals surface area contributed by atoms with Gasteiger partial charge in [-0.25, -0.2) is 0 Å². The Labute approximate surface area is 200 Å². The van der Waals surface area contributed by atoms with Gasteiger partial charge in [-0.05, 0) is 49.8 Å². The van der Waals surface area contributed by atoms with Crippen molar-refractivity contribution in [3.63, 3.8) is 0 Å². The molecule has 2 aliphatic rings. The standard InChI is InChI=1S/C26H31FN2O4Si/c1-5-14-28-22-12-11-20(29(17-31)19-9-7-6-8-10-19)16-21(22)26(25(28)32)18(2)24(34(3,4)27)23(33-26)13-15-30/h5-12,16-18,23-24,30H,1,13-15H2,2-4H3/t18-,23+,24-,26+/m1/s1. The van der Waals surface area contributed by atoms with Crippen LogP contribution in [-0.2, 0) is 19.9 Å². The maximum Gasteiger partial charge on any atom is 0.264 e. The third-order valence-corrected chi connectivity index (χ3v) is 9.54. The number of hydrogen-bond acceptors (Lipinski definition) is 4. The molecule has 8 heteroatoms. The minimum absolute atomic E-state index is 0.154. The maximum absolute atomic E-state index is 15.6. The van der Waals surface area contributed by atoms with Gasteiger partial charge in [0.1, 0.15) is 0 Å². The summed E-state index contributed by atoms with van der Waals surface area (Å²) in [7, 11) is -3.26. The largest absolute Gasteiger partial charge is 0.396 e. The van der Waals surface area contributed by atoms with E-state index in [0.717, 1.165) is 6.41 Å². The van der Waals surface area contributed by atoms with Gasteiger partial charge in [0, 0.05) is 41.5 Å². The quantitative estimate of drug-likeness (QED) is 0.257. The minimum Gasteiger partial charge on any atom is -0.396 e. The first kappa shape index (κ1) is 24.3. The van der Waals surface area contributed by atoms with E-state index in [-0.39, 0.29) is 25.5 Å². The second kappa shape index (κ2) is 9.09. The van der Waals surface area contributed by atoms with Gasteiger partial charge in [-0.15, -0.1) is 6.58 Å². The fourth-order valence-electron chi connectivity index (χ4n) is 5.75. The van der Waals surface area contributed by atoms with E-state index in [0.29, 0.717) is 22.6 Å². The van der Waals surface area contributed by atoms with Crippen LogP contribution in [-0.4, -0.2) is 45.1 Å². The highest BCUT2D eigenvalue weighted by atomic mass is 28.4. The SMILES string of the molecule is C=CCN1C(=O)[C@@]2(O[C@@H](CCO)[C@H]([Si](C)(C)F)[C@H]2C)c2cc(N(C=O)c3ccccc3)ccc21. The Kier molecular flexibility index (Phi) is 6.50. The maximum atomic E-state index is 15.6. The number of rotatable bonds is 8. The molecule has 2 amide bonds. The summed E-state index contributed by atoms with van der Waals surface area (Å²) in [5.41, 5.74) is 0.701. The van der Waals surface area contributed by atoms with Crippen LogP contribution in [0.1, 0.15) is 18.9 Å². The second-order valence-electron chi connectivity index (χ2n) is 9.50. The van der Waals surface area contributed by atoms with Crippen LogP contribution >= 0.6 is 0 Å². The lowest BCUT2D eigenvalue weighted by molar-refractivity contribution is -0.146. The van der Waals surface area contributed by atoms with Gasteiger partial charge in [-0.1, -0.05) is 31.2 Å². The third kappa shape index (κ3) is 3.70. The highest BCUT2D eigenvalue weighted by Gasteiger charge is 2.66. The normalized spacial score (nSPS) is 26.1. The van der Waals surface area contributed by atoms with Crippen LogP contribution in [0.5, 0.6) is 0 Å². The van der Waals surface area contributed by atoms with E-state index in [1.807, 2.05) is 43.3 Å². The highest BCUT2D eigenvalue weighted by Crippen LogP contribution is 2.60. The second-order valence-corrected chi connectivity index (χ2v) is 13.3. The smallest absolute Gasteiger partial charge is 0.264 e. The van der Waals surface area contributed by atoms with Gasteiger partial charge >= 0.3 is 0 Å². The van der Waals surface area contributed by atoms with Crippen molar-refractivity contribution < 1.29 is 23.5 Å². The van der Waals surface area contributed by atoms with Crippen molar-refractivity contribution in [1.82, 2.24) is 0 Å². The number of carbonyl (C=O) groups excluding carboxylic acids is 2.